The molecule has 2 fully saturated rings. The quantitative estimate of drug-likeness (QED) is 0.297. The van der Waals surface area contributed by atoms with Crippen molar-refractivity contribution < 1.29 is 28.4 Å². The van der Waals surface area contributed by atoms with E-state index >= 15 is 0 Å². The molecular formula is C30H31N3O7S. The lowest BCUT2D eigenvalue weighted by atomic mass is 10.0. The Kier molecular flexibility index (Phi) is 8.44. The molecule has 1 N–H and O–H groups in total. The summed E-state index contributed by atoms with van der Waals surface area (Å²) in [5, 5.41) is 4.11. The number of carbonyl (C=O) groups is 4. The molecule has 2 unspecified atom stereocenters. The fourth-order valence-electron chi connectivity index (χ4n) is 5.02. The molecule has 3 amide bonds. The van der Waals surface area contributed by atoms with Crippen LogP contribution < -0.4 is 15.8 Å². The number of thioether (sulfide) groups is 1. The molecule has 1 aromatic heterocycles. The average Bonchev–Trinajstić information content (AvgIpc) is 3.59. The van der Waals surface area contributed by atoms with Crippen LogP contribution in [0.1, 0.15) is 59.8 Å². The van der Waals surface area contributed by atoms with E-state index in [1.165, 1.54) is 0 Å². The summed E-state index contributed by atoms with van der Waals surface area (Å²) >= 11 is 1.61. The Bertz CT molecular complexity index is 1530. The van der Waals surface area contributed by atoms with E-state index in [2.05, 4.69) is 24.1 Å². The lowest BCUT2D eigenvalue weighted by Gasteiger charge is -2.21. The van der Waals surface area contributed by atoms with E-state index < -0.39 is 35.2 Å². The fraction of sp³-hybridized carbons (Fsp3) is 0.367. The normalized spacial score (nSPS) is 18.6. The van der Waals surface area contributed by atoms with Crippen molar-refractivity contribution in [1.29, 1.82) is 0 Å². The largest absolute Gasteiger partial charge is 0.422 e. The molecule has 2 atom stereocenters. The van der Waals surface area contributed by atoms with Gasteiger partial charge in [-0.1, -0.05) is 24.3 Å². The van der Waals surface area contributed by atoms with E-state index in [0.29, 0.717) is 28.2 Å². The SMILES string of the molecule is CCN(CC)c1ccc2cc(C(=O)NCc3ccc(C4CC(C(=O)ON5C(=O)CCC5=O)CS4)cc3)c(=O)oc2c1. The highest BCUT2D eigenvalue weighted by Crippen LogP contribution is 2.43. The van der Waals surface area contributed by atoms with Crippen molar-refractivity contribution in [1.82, 2.24) is 10.4 Å². The number of carbonyl (C=O) groups excluding carboxylic acids is 4. The van der Waals surface area contributed by atoms with Crippen molar-refractivity contribution in [3.05, 3.63) is 75.6 Å². The number of nitrogens with zero attached hydrogens (tertiary/aromatic N) is 2. The Morgan fingerprint density at radius 2 is 1.73 bits per heavy atom. The predicted octanol–water partition coefficient (Wildman–Crippen LogP) is 3.97. The number of hydrogen-bond acceptors (Lipinski definition) is 9. The Morgan fingerprint density at radius 3 is 2.41 bits per heavy atom. The van der Waals surface area contributed by atoms with Crippen LogP contribution in [0, 0.1) is 5.92 Å². The van der Waals surface area contributed by atoms with Crippen LogP contribution in [0.15, 0.2) is 57.7 Å². The summed E-state index contributed by atoms with van der Waals surface area (Å²) in [6, 6.07) is 14.8. The highest BCUT2D eigenvalue weighted by atomic mass is 32.2. The maximum absolute atomic E-state index is 12.8. The van der Waals surface area contributed by atoms with Gasteiger partial charge in [0.15, 0.2) is 0 Å². The van der Waals surface area contributed by atoms with Crippen LogP contribution in [-0.2, 0) is 25.8 Å². The van der Waals surface area contributed by atoms with E-state index in [4.69, 9.17) is 9.25 Å². The Hall–Kier alpha value is -4.12. The van der Waals surface area contributed by atoms with Crippen molar-refractivity contribution in [2.45, 2.75) is 44.9 Å². The van der Waals surface area contributed by atoms with Gasteiger partial charge in [0, 0.05) is 60.6 Å². The lowest BCUT2D eigenvalue weighted by Crippen LogP contribution is -2.34. The molecule has 10 nitrogen and oxygen atoms in total. The molecule has 2 aliphatic rings. The molecule has 0 radical (unpaired) electrons. The summed E-state index contributed by atoms with van der Waals surface area (Å²) in [6.45, 7) is 5.99. The maximum atomic E-state index is 12.8. The molecule has 2 aromatic carbocycles. The van der Waals surface area contributed by atoms with E-state index in [1.54, 1.807) is 17.8 Å². The van der Waals surface area contributed by atoms with Gasteiger partial charge in [-0.05, 0) is 49.6 Å². The third-order valence-electron chi connectivity index (χ3n) is 7.41. The zero-order valence-electron chi connectivity index (χ0n) is 22.9. The van der Waals surface area contributed by atoms with E-state index in [1.807, 2.05) is 42.5 Å². The first-order valence-corrected chi connectivity index (χ1v) is 14.7. The van der Waals surface area contributed by atoms with Crippen LogP contribution in [0.5, 0.6) is 0 Å². The Morgan fingerprint density at radius 1 is 1.02 bits per heavy atom. The number of imide groups is 1. The second-order valence-electron chi connectivity index (χ2n) is 10.0. The van der Waals surface area contributed by atoms with Gasteiger partial charge in [0.25, 0.3) is 17.7 Å². The number of fused-ring (bicyclic) bond motifs is 1. The Balaban J connectivity index is 1.17. The molecule has 2 saturated heterocycles. The monoisotopic (exact) mass is 577 g/mol. The molecule has 3 heterocycles. The van der Waals surface area contributed by atoms with Crippen molar-refractivity contribution in [2.75, 3.05) is 23.7 Å². The summed E-state index contributed by atoms with van der Waals surface area (Å²) in [5.41, 5.74) is 2.51. The average molecular weight is 578 g/mol. The van der Waals surface area contributed by atoms with Crippen molar-refractivity contribution in [3.8, 4) is 0 Å². The molecular weight excluding hydrogens is 546 g/mol. The molecule has 0 spiro atoms. The molecule has 11 heteroatoms. The van der Waals surface area contributed by atoms with E-state index in [-0.39, 0.29) is 30.2 Å². The molecule has 0 saturated carbocycles. The van der Waals surface area contributed by atoms with Gasteiger partial charge in [0.1, 0.15) is 11.1 Å². The van der Waals surface area contributed by atoms with Crippen LogP contribution in [0.2, 0.25) is 0 Å². The lowest BCUT2D eigenvalue weighted by molar-refractivity contribution is -0.200. The minimum Gasteiger partial charge on any atom is -0.422 e. The second-order valence-corrected chi connectivity index (χ2v) is 11.2. The fourth-order valence-corrected chi connectivity index (χ4v) is 6.47. The third-order valence-corrected chi connectivity index (χ3v) is 8.88. The summed E-state index contributed by atoms with van der Waals surface area (Å²) < 4.78 is 5.48. The summed E-state index contributed by atoms with van der Waals surface area (Å²) in [5.74, 6) is -1.94. The van der Waals surface area contributed by atoms with Gasteiger partial charge >= 0.3 is 11.6 Å². The van der Waals surface area contributed by atoms with Crippen molar-refractivity contribution >= 4 is 52.1 Å². The highest BCUT2D eigenvalue weighted by Gasteiger charge is 2.38. The topological polar surface area (TPSA) is 126 Å². The van der Waals surface area contributed by atoms with Crippen LogP contribution >= 0.6 is 11.8 Å². The van der Waals surface area contributed by atoms with E-state index in [9.17, 15) is 24.0 Å². The molecule has 0 bridgehead atoms. The summed E-state index contributed by atoms with van der Waals surface area (Å²) in [4.78, 5) is 68.6. The molecule has 0 aliphatic carbocycles. The molecule has 2 aliphatic heterocycles. The predicted molar refractivity (Wildman–Crippen MR) is 154 cm³/mol. The number of hydroxylamine groups is 2. The number of hydrogen-bond donors (Lipinski definition) is 1. The molecule has 5 rings (SSSR count). The third kappa shape index (κ3) is 6.14. The smallest absolute Gasteiger partial charge is 0.349 e. The number of nitrogens with one attached hydrogen (secondary N) is 1. The summed E-state index contributed by atoms with van der Waals surface area (Å²) in [7, 11) is 0. The number of anilines is 1. The van der Waals surface area contributed by atoms with Crippen LogP contribution in [-0.4, -0.2) is 47.6 Å². The molecule has 3 aromatic rings. The Labute approximate surface area is 241 Å². The summed E-state index contributed by atoms with van der Waals surface area (Å²) in [6.07, 6.45) is 0.660. The van der Waals surface area contributed by atoms with E-state index in [0.717, 1.165) is 29.9 Å². The van der Waals surface area contributed by atoms with Gasteiger partial charge in [0.05, 0.1) is 5.92 Å². The first-order valence-electron chi connectivity index (χ1n) is 13.7. The standard InChI is InChI=1S/C30H31N3O7S/c1-3-32(4-2)22-10-9-20-13-23(30(38)39-24(20)15-22)28(36)31-16-18-5-7-19(8-6-18)25-14-21(17-41-25)29(37)40-33-26(34)11-12-27(33)35/h5-10,13,15,21,25H,3-4,11-12,14,16-17H2,1-2H3,(H,31,36). The molecule has 214 valence electrons. The highest BCUT2D eigenvalue weighted by molar-refractivity contribution is 7.99. The number of benzene rings is 2. The first-order chi connectivity index (χ1) is 19.8. The zero-order chi connectivity index (χ0) is 29.1. The maximum Gasteiger partial charge on any atom is 0.349 e. The minimum absolute atomic E-state index is 0.0534. The van der Waals surface area contributed by atoms with Crippen LogP contribution in [0.4, 0.5) is 5.69 Å². The van der Waals surface area contributed by atoms with Crippen LogP contribution in [0.3, 0.4) is 0 Å². The number of amides is 3. The first kappa shape index (κ1) is 28.4. The number of rotatable bonds is 9. The van der Waals surface area contributed by atoms with Crippen LogP contribution in [0.25, 0.3) is 11.0 Å². The van der Waals surface area contributed by atoms with Gasteiger partial charge < -0.3 is 19.5 Å². The second kappa shape index (κ2) is 12.2. The van der Waals surface area contributed by atoms with Crippen molar-refractivity contribution in [2.24, 2.45) is 5.92 Å². The molecule has 41 heavy (non-hydrogen) atoms. The van der Waals surface area contributed by atoms with Gasteiger partial charge in [-0.2, -0.15) is 11.8 Å². The van der Waals surface area contributed by atoms with Gasteiger partial charge in [-0.25, -0.2) is 9.59 Å². The van der Waals surface area contributed by atoms with Crippen molar-refractivity contribution in [3.63, 3.8) is 0 Å². The zero-order valence-corrected chi connectivity index (χ0v) is 23.7. The van der Waals surface area contributed by atoms with Gasteiger partial charge in [-0.15, -0.1) is 5.06 Å². The van der Waals surface area contributed by atoms with Gasteiger partial charge in [0.2, 0.25) is 0 Å². The minimum atomic E-state index is -0.688. The van der Waals surface area contributed by atoms with Gasteiger partial charge in [-0.3, -0.25) is 14.4 Å².